The zero-order chi connectivity index (χ0) is 13.7. The summed E-state index contributed by atoms with van der Waals surface area (Å²) in [5.41, 5.74) is 2.20. The van der Waals surface area contributed by atoms with Crippen molar-refractivity contribution < 1.29 is 9.90 Å². The first-order valence-electron chi connectivity index (χ1n) is 5.74. The number of aliphatic hydroxyl groups is 1. The maximum Gasteiger partial charge on any atom is 0.255 e. The number of amides is 1. The summed E-state index contributed by atoms with van der Waals surface area (Å²) in [7, 11) is 0. The standard InChI is InChI=1S/C15H12N2O2/c16-9-11-3-1-5-13(7-11)15(19)17-14-6-2-4-12(8-14)10-18/h1-8,18H,10H2,(H,17,19). The molecule has 0 aliphatic carbocycles. The van der Waals surface area contributed by atoms with E-state index in [0.29, 0.717) is 16.8 Å². The van der Waals surface area contributed by atoms with E-state index >= 15 is 0 Å². The second-order valence-electron chi connectivity index (χ2n) is 4.01. The van der Waals surface area contributed by atoms with Crippen molar-refractivity contribution in [2.45, 2.75) is 6.61 Å². The van der Waals surface area contributed by atoms with Crippen molar-refractivity contribution in [2.24, 2.45) is 0 Å². The van der Waals surface area contributed by atoms with Gasteiger partial charge in [-0.3, -0.25) is 4.79 Å². The highest BCUT2D eigenvalue weighted by Gasteiger charge is 2.06. The molecular weight excluding hydrogens is 240 g/mol. The lowest BCUT2D eigenvalue weighted by atomic mass is 10.1. The van der Waals surface area contributed by atoms with Crippen LogP contribution < -0.4 is 5.32 Å². The molecule has 2 rings (SSSR count). The minimum absolute atomic E-state index is 0.0758. The second kappa shape index (κ2) is 5.80. The highest BCUT2D eigenvalue weighted by Crippen LogP contribution is 2.13. The number of nitrogens with one attached hydrogen (secondary N) is 1. The van der Waals surface area contributed by atoms with Crippen LogP contribution in [0.4, 0.5) is 5.69 Å². The van der Waals surface area contributed by atoms with E-state index in [1.54, 1.807) is 42.5 Å². The Labute approximate surface area is 110 Å². The van der Waals surface area contributed by atoms with Gasteiger partial charge in [-0.15, -0.1) is 0 Å². The molecule has 2 N–H and O–H groups in total. The molecule has 0 fully saturated rings. The van der Waals surface area contributed by atoms with Gasteiger partial charge < -0.3 is 10.4 Å². The smallest absolute Gasteiger partial charge is 0.255 e. The molecule has 0 saturated carbocycles. The van der Waals surface area contributed by atoms with Crippen molar-refractivity contribution in [3.8, 4) is 6.07 Å². The summed E-state index contributed by atoms with van der Waals surface area (Å²) in [6, 6.07) is 15.4. The summed E-state index contributed by atoms with van der Waals surface area (Å²) in [6.45, 7) is -0.0758. The predicted octanol–water partition coefficient (Wildman–Crippen LogP) is 2.30. The van der Waals surface area contributed by atoms with Crippen LogP contribution in [0, 0.1) is 11.3 Å². The van der Waals surface area contributed by atoms with Gasteiger partial charge in [0.15, 0.2) is 0 Å². The lowest BCUT2D eigenvalue weighted by Crippen LogP contribution is -2.12. The second-order valence-corrected chi connectivity index (χ2v) is 4.01. The van der Waals surface area contributed by atoms with Gasteiger partial charge in [0.2, 0.25) is 0 Å². The molecule has 0 saturated heterocycles. The zero-order valence-electron chi connectivity index (χ0n) is 10.1. The molecule has 2 aromatic rings. The van der Waals surface area contributed by atoms with Gasteiger partial charge in [0.1, 0.15) is 0 Å². The minimum Gasteiger partial charge on any atom is -0.392 e. The number of carbonyl (C=O) groups is 1. The Bertz CT molecular complexity index is 645. The molecule has 0 unspecified atom stereocenters. The van der Waals surface area contributed by atoms with E-state index in [1.165, 1.54) is 6.07 Å². The molecule has 0 atom stereocenters. The number of nitriles is 1. The van der Waals surface area contributed by atoms with Crippen molar-refractivity contribution in [3.05, 3.63) is 65.2 Å². The Kier molecular flexibility index (Phi) is 3.91. The van der Waals surface area contributed by atoms with Crippen molar-refractivity contribution in [1.82, 2.24) is 0 Å². The van der Waals surface area contributed by atoms with Gasteiger partial charge >= 0.3 is 0 Å². The summed E-state index contributed by atoms with van der Waals surface area (Å²) >= 11 is 0. The Morgan fingerprint density at radius 1 is 1.21 bits per heavy atom. The largest absolute Gasteiger partial charge is 0.392 e. The molecular formula is C15H12N2O2. The molecule has 4 heteroatoms. The number of aliphatic hydroxyl groups excluding tert-OH is 1. The van der Waals surface area contributed by atoms with Crippen LogP contribution in [0.5, 0.6) is 0 Å². The first-order chi connectivity index (χ1) is 9.22. The quantitative estimate of drug-likeness (QED) is 0.880. The molecule has 0 radical (unpaired) electrons. The van der Waals surface area contributed by atoms with Crippen LogP contribution in [-0.4, -0.2) is 11.0 Å². The van der Waals surface area contributed by atoms with Crippen LogP contribution in [0.15, 0.2) is 48.5 Å². The molecule has 1 amide bonds. The van der Waals surface area contributed by atoms with Gasteiger partial charge in [-0.05, 0) is 35.9 Å². The number of benzene rings is 2. The van der Waals surface area contributed by atoms with Crippen LogP contribution in [0.2, 0.25) is 0 Å². The number of anilines is 1. The fraction of sp³-hybridized carbons (Fsp3) is 0.0667. The normalized spacial score (nSPS) is 9.68. The van der Waals surface area contributed by atoms with E-state index < -0.39 is 0 Å². The summed E-state index contributed by atoms with van der Waals surface area (Å²) in [5, 5.41) is 20.5. The van der Waals surface area contributed by atoms with Gasteiger partial charge in [-0.25, -0.2) is 0 Å². The number of carbonyl (C=O) groups excluding carboxylic acids is 1. The highest BCUT2D eigenvalue weighted by atomic mass is 16.3. The van der Waals surface area contributed by atoms with E-state index in [9.17, 15) is 4.79 Å². The SMILES string of the molecule is N#Cc1cccc(C(=O)Nc2cccc(CO)c2)c1. The maximum absolute atomic E-state index is 12.0. The number of nitrogens with zero attached hydrogens (tertiary/aromatic N) is 1. The van der Waals surface area contributed by atoms with E-state index in [4.69, 9.17) is 10.4 Å². The summed E-state index contributed by atoms with van der Waals surface area (Å²) in [4.78, 5) is 12.0. The molecule has 2 aromatic carbocycles. The summed E-state index contributed by atoms with van der Waals surface area (Å²) < 4.78 is 0. The molecule has 0 aromatic heterocycles. The molecule has 0 spiro atoms. The first-order valence-corrected chi connectivity index (χ1v) is 5.74. The highest BCUT2D eigenvalue weighted by molar-refractivity contribution is 6.04. The summed E-state index contributed by atoms with van der Waals surface area (Å²) in [6.07, 6.45) is 0. The number of rotatable bonds is 3. The zero-order valence-corrected chi connectivity index (χ0v) is 10.1. The first kappa shape index (κ1) is 12.8. The molecule has 0 aliphatic heterocycles. The summed E-state index contributed by atoms with van der Waals surface area (Å²) in [5.74, 6) is -0.285. The van der Waals surface area contributed by atoms with E-state index in [1.807, 2.05) is 6.07 Å². The minimum atomic E-state index is -0.285. The molecule has 19 heavy (non-hydrogen) atoms. The molecule has 0 aliphatic rings. The topological polar surface area (TPSA) is 73.1 Å². The monoisotopic (exact) mass is 252 g/mol. The third-order valence-electron chi connectivity index (χ3n) is 2.62. The average molecular weight is 252 g/mol. The Hall–Kier alpha value is -2.64. The van der Waals surface area contributed by atoms with Gasteiger partial charge in [-0.2, -0.15) is 5.26 Å². The fourth-order valence-corrected chi connectivity index (χ4v) is 1.68. The Balaban J connectivity index is 2.18. The van der Waals surface area contributed by atoms with Crippen LogP contribution in [-0.2, 0) is 6.61 Å². The molecule has 0 bridgehead atoms. The van der Waals surface area contributed by atoms with E-state index in [-0.39, 0.29) is 12.5 Å². The average Bonchev–Trinajstić information content (AvgIpc) is 2.47. The molecule has 94 valence electrons. The van der Waals surface area contributed by atoms with Crippen LogP contribution >= 0.6 is 0 Å². The number of hydrogen-bond acceptors (Lipinski definition) is 3. The number of hydrogen-bond donors (Lipinski definition) is 2. The maximum atomic E-state index is 12.0. The van der Waals surface area contributed by atoms with Crippen LogP contribution in [0.25, 0.3) is 0 Å². The van der Waals surface area contributed by atoms with Gasteiger partial charge in [0.05, 0.1) is 18.2 Å². The lowest BCUT2D eigenvalue weighted by Gasteiger charge is -2.06. The van der Waals surface area contributed by atoms with Gasteiger partial charge in [-0.1, -0.05) is 18.2 Å². The van der Waals surface area contributed by atoms with Crippen LogP contribution in [0.1, 0.15) is 21.5 Å². The van der Waals surface area contributed by atoms with Crippen molar-refractivity contribution in [2.75, 3.05) is 5.32 Å². The van der Waals surface area contributed by atoms with Crippen molar-refractivity contribution in [3.63, 3.8) is 0 Å². The fourth-order valence-electron chi connectivity index (χ4n) is 1.68. The van der Waals surface area contributed by atoms with Crippen molar-refractivity contribution in [1.29, 1.82) is 5.26 Å². The van der Waals surface area contributed by atoms with Crippen LogP contribution in [0.3, 0.4) is 0 Å². The van der Waals surface area contributed by atoms with E-state index in [2.05, 4.69) is 5.32 Å². The molecule has 0 heterocycles. The van der Waals surface area contributed by atoms with Gasteiger partial charge in [0, 0.05) is 11.3 Å². The van der Waals surface area contributed by atoms with Gasteiger partial charge in [0.25, 0.3) is 5.91 Å². The lowest BCUT2D eigenvalue weighted by molar-refractivity contribution is 0.102. The predicted molar refractivity (Wildman–Crippen MR) is 71.5 cm³/mol. The van der Waals surface area contributed by atoms with E-state index in [0.717, 1.165) is 5.56 Å². The Morgan fingerprint density at radius 3 is 2.74 bits per heavy atom. The Morgan fingerprint density at radius 2 is 2.00 bits per heavy atom. The molecule has 4 nitrogen and oxygen atoms in total. The van der Waals surface area contributed by atoms with Crippen molar-refractivity contribution >= 4 is 11.6 Å². The third-order valence-corrected chi connectivity index (χ3v) is 2.62. The third kappa shape index (κ3) is 3.18.